The molecule has 0 radical (unpaired) electrons. The number of aromatic amines is 1. The summed E-state index contributed by atoms with van der Waals surface area (Å²) in [7, 11) is -3.79. The summed E-state index contributed by atoms with van der Waals surface area (Å²) in [5.41, 5.74) is -5.43. The number of nitrogens with zero attached hydrogens (tertiary/aromatic N) is 2. The first kappa shape index (κ1) is 23.5. The van der Waals surface area contributed by atoms with E-state index < -0.39 is 56.1 Å². The molecule has 0 bridgehead atoms. The second-order valence-electron chi connectivity index (χ2n) is 6.21. The molecule has 2 aromatic heterocycles. The van der Waals surface area contributed by atoms with E-state index in [0.29, 0.717) is 6.07 Å². The first-order valence-electron chi connectivity index (χ1n) is 8.63. The van der Waals surface area contributed by atoms with Crippen molar-refractivity contribution in [3.8, 4) is 17.3 Å². The van der Waals surface area contributed by atoms with Gasteiger partial charge in [0.2, 0.25) is 5.88 Å². The zero-order chi connectivity index (χ0) is 23.8. The van der Waals surface area contributed by atoms with Gasteiger partial charge in [0.15, 0.2) is 9.84 Å². The van der Waals surface area contributed by atoms with E-state index in [-0.39, 0.29) is 26.3 Å². The molecule has 1 N–H and O–H groups in total. The standard InChI is InChI=1S/C18H12ClF4N3O5S/c1-2-32(29,30)13-4-3-5-24-16(13)31-12-7-11(10(20)6-9(12)19)26-15(27)8-14(18(21,22)23)25-17(26)28/h3-8H,2H2,1H3,(H,25,28). The fraction of sp³-hybridized carbons (Fsp3) is 0.167. The third kappa shape index (κ3) is 4.53. The van der Waals surface area contributed by atoms with Crippen molar-refractivity contribution in [1.82, 2.24) is 14.5 Å². The summed E-state index contributed by atoms with van der Waals surface area (Å²) in [6.45, 7) is 1.39. The number of hydrogen-bond acceptors (Lipinski definition) is 6. The van der Waals surface area contributed by atoms with E-state index >= 15 is 0 Å². The summed E-state index contributed by atoms with van der Waals surface area (Å²) >= 11 is 5.94. The van der Waals surface area contributed by atoms with Gasteiger partial charge in [-0.3, -0.25) is 4.79 Å². The lowest BCUT2D eigenvalue weighted by Crippen LogP contribution is -2.36. The van der Waals surface area contributed by atoms with Crippen LogP contribution < -0.4 is 16.0 Å². The van der Waals surface area contributed by atoms with Crippen molar-refractivity contribution < 1.29 is 30.7 Å². The summed E-state index contributed by atoms with van der Waals surface area (Å²) in [6, 6.07) is 4.05. The number of rotatable bonds is 5. The van der Waals surface area contributed by atoms with Crippen LogP contribution in [-0.4, -0.2) is 28.7 Å². The second-order valence-corrected chi connectivity index (χ2v) is 8.86. The van der Waals surface area contributed by atoms with Gasteiger partial charge in [0, 0.05) is 18.3 Å². The number of halogens is 5. The molecular weight excluding hydrogens is 482 g/mol. The fourth-order valence-corrected chi connectivity index (χ4v) is 3.74. The summed E-state index contributed by atoms with van der Waals surface area (Å²) in [4.78, 5) is 29.2. The summed E-state index contributed by atoms with van der Waals surface area (Å²) in [5, 5.41) is -0.381. The monoisotopic (exact) mass is 493 g/mol. The highest BCUT2D eigenvalue weighted by Crippen LogP contribution is 2.34. The van der Waals surface area contributed by atoms with Crippen LogP contribution in [0.25, 0.3) is 5.69 Å². The molecule has 0 unspecified atom stereocenters. The van der Waals surface area contributed by atoms with Crippen LogP contribution in [0, 0.1) is 5.82 Å². The van der Waals surface area contributed by atoms with Gasteiger partial charge in [-0.1, -0.05) is 18.5 Å². The highest BCUT2D eigenvalue weighted by molar-refractivity contribution is 7.91. The first-order valence-corrected chi connectivity index (χ1v) is 10.7. The third-order valence-corrected chi connectivity index (χ3v) is 6.17. The Bertz CT molecular complexity index is 1390. The maximum absolute atomic E-state index is 14.5. The number of pyridine rings is 1. The molecule has 0 aliphatic heterocycles. The number of nitrogens with one attached hydrogen (secondary N) is 1. The predicted molar refractivity (Wildman–Crippen MR) is 105 cm³/mol. The van der Waals surface area contributed by atoms with E-state index in [4.69, 9.17) is 16.3 Å². The minimum absolute atomic E-state index is 0.0840. The Labute approximate surface area is 182 Å². The van der Waals surface area contributed by atoms with Crippen LogP contribution in [0.5, 0.6) is 11.6 Å². The van der Waals surface area contributed by atoms with Gasteiger partial charge in [-0.05, 0) is 18.2 Å². The van der Waals surface area contributed by atoms with Crippen molar-refractivity contribution in [2.24, 2.45) is 0 Å². The van der Waals surface area contributed by atoms with Crippen molar-refractivity contribution in [3.05, 3.63) is 73.9 Å². The van der Waals surface area contributed by atoms with Crippen LogP contribution in [0.3, 0.4) is 0 Å². The fourth-order valence-electron chi connectivity index (χ4n) is 2.59. The van der Waals surface area contributed by atoms with Gasteiger partial charge < -0.3 is 9.72 Å². The van der Waals surface area contributed by atoms with E-state index in [2.05, 4.69) is 4.98 Å². The molecule has 0 amide bonds. The van der Waals surface area contributed by atoms with Crippen LogP contribution in [0.1, 0.15) is 12.6 Å². The Hall–Kier alpha value is -3.19. The van der Waals surface area contributed by atoms with Crippen molar-refractivity contribution in [1.29, 1.82) is 0 Å². The molecule has 1 aromatic carbocycles. The molecule has 170 valence electrons. The Kier molecular flexibility index (Phi) is 6.15. The van der Waals surface area contributed by atoms with Crippen LogP contribution >= 0.6 is 11.6 Å². The largest absolute Gasteiger partial charge is 0.436 e. The van der Waals surface area contributed by atoms with Crippen LogP contribution in [0.15, 0.2) is 51.0 Å². The van der Waals surface area contributed by atoms with Crippen LogP contribution in [0.4, 0.5) is 17.6 Å². The minimum Gasteiger partial charge on any atom is -0.436 e. The van der Waals surface area contributed by atoms with Gasteiger partial charge in [-0.25, -0.2) is 27.2 Å². The van der Waals surface area contributed by atoms with Gasteiger partial charge in [0.05, 0.1) is 16.5 Å². The van der Waals surface area contributed by atoms with E-state index in [0.717, 1.165) is 6.07 Å². The molecule has 8 nitrogen and oxygen atoms in total. The number of ether oxygens (including phenoxy) is 1. The molecule has 2 heterocycles. The van der Waals surface area contributed by atoms with E-state index in [9.17, 15) is 35.6 Å². The number of H-pyrrole nitrogens is 1. The van der Waals surface area contributed by atoms with Crippen molar-refractivity contribution in [3.63, 3.8) is 0 Å². The molecule has 3 rings (SSSR count). The second kappa shape index (κ2) is 8.39. The Morgan fingerprint density at radius 1 is 1.22 bits per heavy atom. The molecule has 0 aliphatic carbocycles. The van der Waals surface area contributed by atoms with Crippen LogP contribution in [-0.2, 0) is 16.0 Å². The highest BCUT2D eigenvalue weighted by atomic mass is 35.5. The van der Waals surface area contributed by atoms with Gasteiger partial charge in [-0.15, -0.1) is 0 Å². The number of benzene rings is 1. The maximum Gasteiger partial charge on any atom is 0.431 e. The number of aromatic nitrogens is 3. The first-order chi connectivity index (χ1) is 14.8. The summed E-state index contributed by atoms with van der Waals surface area (Å²) in [5.74, 6) is -2.33. The van der Waals surface area contributed by atoms with Gasteiger partial charge >= 0.3 is 11.9 Å². The topological polar surface area (TPSA) is 111 Å². The third-order valence-electron chi connectivity index (χ3n) is 4.14. The quantitative estimate of drug-likeness (QED) is 0.546. The smallest absolute Gasteiger partial charge is 0.431 e. The van der Waals surface area contributed by atoms with E-state index in [1.54, 1.807) is 0 Å². The molecule has 0 atom stereocenters. The molecule has 14 heteroatoms. The number of hydrogen-bond donors (Lipinski definition) is 1. The van der Waals surface area contributed by atoms with Gasteiger partial charge in [0.25, 0.3) is 5.56 Å². The van der Waals surface area contributed by atoms with E-state index in [1.807, 2.05) is 0 Å². The normalized spacial score (nSPS) is 12.1. The lowest BCUT2D eigenvalue weighted by atomic mass is 10.2. The molecule has 0 spiro atoms. The SMILES string of the molecule is CCS(=O)(=O)c1cccnc1Oc1cc(-n2c(=O)cc(C(F)(F)F)[nH]c2=O)c(F)cc1Cl. The van der Waals surface area contributed by atoms with Crippen molar-refractivity contribution in [2.75, 3.05) is 5.75 Å². The van der Waals surface area contributed by atoms with Crippen molar-refractivity contribution in [2.45, 2.75) is 18.0 Å². The molecule has 0 fully saturated rings. The van der Waals surface area contributed by atoms with Gasteiger partial charge in [0.1, 0.15) is 22.2 Å². The van der Waals surface area contributed by atoms with Crippen LogP contribution in [0.2, 0.25) is 5.02 Å². The van der Waals surface area contributed by atoms with Gasteiger partial charge in [-0.2, -0.15) is 13.2 Å². The Morgan fingerprint density at radius 3 is 2.50 bits per heavy atom. The lowest BCUT2D eigenvalue weighted by Gasteiger charge is -2.14. The number of alkyl halides is 3. The molecule has 0 aliphatic rings. The minimum atomic E-state index is -5.01. The zero-order valence-electron chi connectivity index (χ0n) is 15.9. The summed E-state index contributed by atoms with van der Waals surface area (Å²) < 4.78 is 82.9. The Morgan fingerprint density at radius 2 is 1.91 bits per heavy atom. The van der Waals surface area contributed by atoms with Crippen molar-refractivity contribution >= 4 is 21.4 Å². The maximum atomic E-state index is 14.5. The highest BCUT2D eigenvalue weighted by Gasteiger charge is 2.33. The number of sulfone groups is 1. The predicted octanol–water partition coefficient (Wildman–Crippen LogP) is 3.32. The van der Waals surface area contributed by atoms with E-state index in [1.165, 1.54) is 30.2 Å². The molecule has 3 aromatic rings. The Balaban J connectivity index is 2.17. The average molecular weight is 494 g/mol. The molecule has 0 saturated heterocycles. The zero-order valence-corrected chi connectivity index (χ0v) is 17.5. The molecular formula is C18H12ClF4N3O5S. The summed E-state index contributed by atoms with van der Waals surface area (Å²) in [6.07, 6.45) is -3.79. The average Bonchev–Trinajstić information content (AvgIpc) is 2.70. The lowest BCUT2D eigenvalue weighted by molar-refractivity contribution is -0.141. The molecule has 0 saturated carbocycles. The molecule has 32 heavy (non-hydrogen) atoms.